The lowest BCUT2D eigenvalue weighted by Gasteiger charge is -2.36. The fourth-order valence-corrected chi connectivity index (χ4v) is 2.68. The lowest BCUT2D eigenvalue weighted by molar-refractivity contribution is -0.131. The zero-order chi connectivity index (χ0) is 13.8. The molecule has 5 heteroatoms. The van der Waals surface area contributed by atoms with E-state index in [9.17, 15) is 4.79 Å². The fourth-order valence-electron chi connectivity index (χ4n) is 2.68. The summed E-state index contributed by atoms with van der Waals surface area (Å²) in [7, 11) is 0. The Morgan fingerprint density at radius 2 is 1.95 bits per heavy atom. The van der Waals surface area contributed by atoms with E-state index in [1.807, 2.05) is 18.7 Å². The molecule has 0 saturated carbocycles. The van der Waals surface area contributed by atoms with Crippen LogP contribution in [0.5, 0.6) is 0 Å². The summed E-state index contributed by atoms with van der Waals surface area (Å²) in [6.07, 6.45) is 2.78. The monoisotopic (exact) mass is 264 g/mol. The highest BCUT2D eigenvalue weighted by atomic mass is 16.2. The minimum atomic E-state index is 0.308. The van der Waals surface area contributed by atoms with Crippen molar-refractivity contribution in [2.24, 2.45) is 0 Å². The number of nitrogens with zero attached hydrogens (tertiary/aromatic N) is 3. The molecule has 2 heterocycles. The van der Waals surface area contributed by atoms with Crippen molar-refractivity contribution >= 4 is 11.6 Å². The van der Waals surface area contributed by atoms with Crippen LogP contribution in [0, 0.1) is 13.8 Å². The molecule has 106 valence electrons. The number of carbonyl (C=O) groups excluding carboxylic acids is 1. The van der Waals surface area contributed by atoms with Gasteiger partial charge in [0.2, 0.25) is 5.91 Å². The number of hydrogen-bond acceptors (Lipinski definition) is 3. The number of piperazine rings is 1. The Hall–Kier alpha value is -1.52. The van der Waals surface area contributed by atoms with E-state index < -0.39 is 0 Å². The number of amides is 1. The van der Waals surface area contributed by atoms with E-state index in [-0.39, 0.29) is 0 Å². The van der Waals surface area contributed by atoms with Crippen LogP contribution in [0.3, 0.4) is 0 Å². The molecule has 0 atom stereocenters. The predicted octanol–water partition coefficient (Wildman–Crippen LogP) is 1.87. The maximum Gasteiger partial charge on any atom is 0.222 e. The molecule has 19 heavy (non-hydrogen) atoms. The summed E-state index contributed by atoms with van der Waals surface area (Å²) < 4.78 is 0. The molecule has 1 aliphatic heterocycles. The van der Waals surface area contributed by atoms with Crippen LogP contribution >= 0.6 is 0 Å². The van der Waals surface area contributed by atoms with Crippen molar-refractivity contribution in [3.05, 3.63) is 11.4 Å². The van der Waals surface area contributed by atoms with Crippen LogP contribution in [-0.4, -0.2) is 47.2 Å². The summed E-state index contributed by atoms with van der Waals surface area (Å²) >= 11 is 0. The van der Waals surface area contributed by atoms with Gasteiger partial charge >= 0.3 is 0 Å². The highest BCUT2D eigenvalue weighted by molar-refractivity contribution is 5.76. The van der Waals surface area contributed by atoms with Crippen molar-refractivity contribution in [3.8, 4) is 0 Å². The first-order valence-corrected chi connectivity index (χ1v) is 7.17. The van der Waals surface area contributed by atoms with E-state index in [0.717, 1.165) is 50.4 Å². The van der Waals surface area contributed by atoms with Crippen molar-refractivity contribution in [1.82, 2.24) is 15.1 Å². The van der Waals surface area contributed by atoms with Gasteiger partial charge in [-0.2, -0.15) is 5.10 Å². The Bertz CT molecular complexity index is 413. The number of anilines is 1. The van der Waals surface area contributed by atoms with Gasteiger partial charge in [0.1, 0.15) is 0 Å². The number of hydrogen-bond donors (Lipinski definition) is 1. The molecule has 1 aliphatic rings. The minimum absolute atomic E-state index is 0.308. The Labute approximate surface area is 115 Å². The first-order chi connectivity index (χ1) is 9.13. The average molecular weight is 264 g/mol. The number of carbonyl (C=O) groups is 1. The van der Waals surface area contributed by atoms with Crippen LogP contribution in [0.4, 0.5) is 5.69 Å². The van der Waals surface area contributed by atoms with Gasteiger partial charge < -0.3 is 9.80 Å². The van der Waals surface area contributed by atoms with Crippen molar-refractivity contribution in [3.63, 3.8) is 0 Å². The standard InChI is InChI=1S/C14H24N4O/c1-4-5-6-13(19)17-7-9-18(10-8-17)14-11(2)15-16-12(14)3/h4-10H2,1-3H3,(H,15,16). The topological polar surface area (TPSA) is 52.2 Å². The Balaban J connectivity index is 1.91. The number of nitrogens with one attached hydrogen (secondary N) is 1. The quantitative estimate of drug-likeness (QED) is 0.903. The van der Waals surface area contributed by atoms with Gasteiger partial charge in [-0.3, -0.25) is 9.89 Å². The zero-order valence-electron chi connectivity index (χ0n) is 12.2. The van der Waals surface area contributed by atoms with Gasteiger partial charge in [-0.15, -0.1) is 0 Å². The molecule has 1 amide bonds. The molecular weight excluding hydrogens is 240 g/mol. The van der Waals surface area contributed by atoms with Crippen LogP contribution in [-0.2, 0) is 4.79 Å². The molecule has 0 aliphatic carbocycles. The highest BCUT2D eigenvalue weighted by Crippen LogP contribution is 2.23. The first-order valence-electron chi connectivity index (χ1n) is 7.17. The second-order valence-corrected chi connectivity index (χ2v) is 5.25. The molecule has 0 spiro atoms. The SMILES string of the molecule is CCCCC(=O)N1CCN(c2c(C)n[nH]c2C)CC1. The lowest BCUT2D eigenvalue weighted by Crippen LogP contribution is -2.49. The maximum absolute atomic E-state index is 12.0. The molecule has 1 aromatic rings. The molecule has 1 N–H and O–H groups in total. The molecule has 1 fully saturated rings. The largest absolute Gasteiger partial charge is 0.365 e. The van der Waals surface area contributed by atoms with E-state index in [0.29, 0.717) is 12.3 Å². The summed E-state index contributed by atoms with van der Waals surface area (Å²) in [5, 5.41) is 7.26. The minimum Gasteiger partial charge on any atom is -0.365 e. The van der Waals surface area contributed by atoms with Gasteiger partial charge in [0.15, 0.2) is 0 Å². The van der Waals surface area contributed by atoms with Crippen LogP contribution in [0.15, 0.2) is 0 Å². The normalized spacial score (nSPS) is 15.9. The van der Waals surface area contributed by atoms with Gasteiger partial charge in [-0.05, 0) is 20.3 Å². The third-order valence-electron chi connectivity index (χ3n) is 3.78. The number of unbranched alkanes of at least 4 members (excludes halogenated alkanes) is 1. The van der Waals surface area contributed by atoms with E-state index in [1.54, 1.807) is 0 Å². The van der Waals surface area contributed by atoms with Gasteiger partial charge in [-0.1, -0.05) is 13.3 Å². The molecule has 0 aromatic carbocycles. The maximum atomic E-state index is 12.0. The molecule has 0 unspecified atom stereocenters. The van der Waals surface area contributed by atoms with E-state index >= 15 is 0 Å². The number of aryl methyl sites for hydroxylation is 2. The molecular formula is C14H24N4O. The summed E-state index contributed by atoms with van der Waals surface area (Å²) in [5.74, 6) is 0.308. The lowest BCUT2D eigenvalue weighted by atomic mass is 10.2. The highest BCUT2D eigenvalue weighted by Gasteiger charge is 2.23. The number of aromatic nitrogens is 2. The van der Waals surface area contributed by atoms with Crippen molar-refractivity contribution in [2.45, 2.75) is 40.0 Å². The average Bonchev–Trinajstić information content (AvgIpc) is 2.76. The first kappa shape index (κ1) is 13.9. The number of rotatable bonds is 4. The Morgan fingerprint density at radius 3 is 2.47 bits per heavy atom. The third-order valence-corrected chi connectivity index (χ3v) is 3.78. The van der Waals surface area contributed by atoms with Gasteiger partial charge in [0.05, 0.1) is 17.1 Å². The Kier molecular flexibility index (Phi) is 4.45. The number of aromatic amines is 1. The fraction of sp³-hybridized carbons (Fsp3) is 0.714. The predicted molar refractivity (Wildman–Crippen MR) is 76.4 cm³/mol. The molecule has 0 radical (unpaired) electrons. The van der Waals surface area contributed by atoms with Gasteiger partial charge in [0.25, 0.3) is 0 Å². The second kappa shape index (κ2) is 6.08. The molecule has 2 rings (SSSR count). The van der Waals surface area contributed by atoms with Crippen molar-refractivity contribution in [1.29, 1.82) is 0 Å². The van der Waals surface area contributed by atoms with E-state index in [1.165, 1.54) is 5.69 Å². The molecule has 1 aromatic heterocycles. The van der Waals surface area contributed by atoms with Gasteiger partial charge in [0, 0.05) is 32.6 Å². The van der Waals surface area contributed by atoms with Crippen molar-refractivity contribution in [2.75, 3.05) is 31.1 Å². The van der Waals surface area contributed by atoms with Crippen LogP contribution in [0.2, 0.25) is 0 Å². The van der Waals surface area contributed by atoms with Crippen LogP contribution < -0.4 is 4.90 Å². The molecule has 5 nitrogen and oxygen atoms in total. The molecule has 1 saturated heterocycles. The van der Waals surface area contributed by atoms with E-state index in [4.69, 9.17) is 0 Å². The van der Waals surface area contributed by atoms with E-state index in [2.05, 4.69) is 22.0 Å². The number of H-pyrrole nitrogens is 1. The second-order valence-electron chi connectivity index (χ2n) is 5.25. The Morgan fingerprint density at radius 1 is 1.26 bits per heavy atom. The zero-order valence-corrected chi connectivity index (χ0v) is 12.2. The smallest absolute Gasteiger partial charge is 0.222 e. The summed E-state index contributed by atoms with van der Waals surface area (Å²) in [4.78, 5) is 16.3. The van der Waals surface area contributed by atoms with Crippen LogP contribution in [0.25, 0.3) is 0 Å². The van der Waals surface area contributed by atoms with Crippen LogP contribution in [0.1, 0.15) is 37.6 Å². The summed E-state index contributed by atoms with van der Waals surface area (Å²) in [5.41, 5.74) is 3.37. The van der Waals surface area contributed by atoms with Crippen molar-refractivity contribution < 1.29 is 4.79 Å². The van der Waals surface area contributed by atoms with Gasteiger partial charge in [-0.25, -0.2) is 0 Å². The molecule has 0 bridgehead atoms. The summed E-state index contributed by atoms with van der Waals surface area (Å²) in [6, 6.07) is 0. The third kappa shape index (κ3) is 3.08. The summed E-state index contributed by atoms with van der Waals surface area (Å²) in [6.45, 7) is 9.65.